The fourth-order valence-corrected chi connectivity index (χ4v) is 6.17. The molecule has 0 unspecified atom stereocenters. The van der Waals surface area contributed by atoms with Crippen molar-refractivity contribution in [2.24, 2.45) is 0 Å². The van der Waals surface area contributed by atoms with Crippen molar-refractivity contribution in [1.82, 2.24) is 8.61 Å². The lowest BCUT2D eigenvalue weighted by molar-refractivity contribution is 0.273. The molecule has 0 saturated carbocycles. The number of rotatable bonds is 5. The van der Waals surface area contributed by atoms with Crippen LogP contribution in [0.2, 0.25) is 0 Å². The summed E-state index contributed by atoms with van der Waals surface area (Å²) in [6, 6.07) is 13.1. The van der Waals surface area contributed by atoms with Gasteiger partial charge < -0.3 is 4.74 Å². The van der Waals surface area contributed by atoms with Gasteiger partial charge in [-0.25, -0.2) is 16.8 Å². The number of hydrogen-bond donors (Lipinski definition) is 0. The van der Waals surface area contributed by atoms with Crippen molar-refractivity contribution in [3.8, 4) is 5.75 Å². The maximum atomic E-state index is 13.0. The molecule has 0 bridgehead atoms. The molecule has 1 fully saturated rings. The first-order valence-corrected chi connectivity index (χ1v) is 12.6. The zero-order valence-electron chi connectivity index (χ0n) is 17.7. The molecule has 164 valence electrons. The molecular formula is C21H28N2O5S2. The van der Waals surface area contributed by atoms with Gasteiger partial charge in [-0.3, -0.25) is 0 Å². The Bertz CT molecular complexity index is 1080. The van der Waals surface area contributed by atoms with E-state index >= 15 is 0 Å². The van der Waals surface area contributed by atoms with Gasteiger partial charge in [-0.05, 0) is 47.4 Å². The topological polar surface area (TPSA) is 84.0 Å². The van der Waals surface area contributed by atoms with Crippen LogP contribution in [0, 0.1) is 0 Å². The van der Waals surface area contributed by atoms with Crippen molar-refractivity contribution < 1.29 is 21.6 Å². The average molecular weight is 453 g/mol. The lowest BCUT2D eigenvalue weighted by Crippen LogP contribution is -2.50. The van der Waals surface area contributed by atoms with E-state index in [1.54, 1.807) is 24.3 Å². The monoisotopic (exact) mass is 452 g/mol. The number of sulfonamides is 2. The Hall–Kier alpha value is -1.94. The van der Waals surface area contributed by atoms with E-state index in [9.17, 15) is 16.8 Å². The lowest BCUT2D eigenvalue weighted by atomic mass is 9.87. The van der Waals surface area contributed by atoms with Crippen LogP contribution in [-0.4, -0.2) is 58.7 Å². The molecule has 1 saturated heterocycles. The standard InChI is InChI=1S/C21H28N2O5S2/c1-21(2,3)17-5-9-19(10-6-17)29(24,25)22-13-15-23(16-14-22)30(26,27)20-11-7-18(28-4)8-12-20/h5-12H,13-16H2,1-4H3. The highest BCUT2D eigenvalue weighted by Gasteiger charge is 2.33. The molecule has 0 radical (unpaired) electrons. The summed E-state index contributed by atoms with van der Waals surface area (Å²) in [4.78, 5) is 0.388. The number of piperazine rings is 1. The first kappa shape index (κ1) is 22.7. The molecule has 1 aliphatic heterocycles. The van der Waals surface area contributed by atoms with E-state index in [2.05, 4.69) is 20.8 Å². The van der Waals surface area contributed by atoms with Gasteiger partial charge in [-0.2, -0.15) is 8.61 Å². The number of hydrogen-bond acceptors (Lipinski definition) is 5. The quantitative estimate of drug-likeness (QED) is 0.696. The Kier molecular flexibility index (Phi) is 6.29. The normalized spacial score (nSPS) is 17.1. The zero-order chi connectivity index (χ0) is 22.2. The van der Waals surface area contributed by atoms with Gasteiger partial charge >= 0.3 is 0 Å². The molecule has 0 N–H and O–H groups in total. The van der Waals surface area contributed by atoms with E-state index in [0.717, 1.165) is 5.56 Å². The largest absolute Gasteiger partial charge is 0.497 e. The molecule has 30 heavy (non-hydrogen) atoms. The second-order valence-corrected chi connectivity index (χ2v) is 12.1. The number of nitrogens with zero attached hydrogens (tertiary/aromatic N) is 2. The van der Waals surface area contributed by atoms with Crippen LogP contribution in [0.3, 0.4) is 0 Å². The lowest BCUT2D eigenvalue weighted by Gasteiger charge is -2.33. The number of methoxy groups -OCH3 is 1. The summed E-state index contributed by atoms with van der Waals surface area (Å²) in [5.41, 5.74) is 0.987. The maximum Gasteiger partial charge on any atom is 0.243 e. The zero-order valence-corrected chi connectivity index (χ0v) is 19.3. The van der Waals surface area contributed by atoms with Crippen LogP contribution >= 0.6 is 0 Å². The Morgan fingerprint density at radius 1 is 0.700 bits per heavy atom. The van der Waals surface area contributed by atoms with Gasteiger partial charge in [-0.1, -0.05) is 32.9 Å². The van der Waals surface area contributed by atoms with Crippen molar-refractivity contribution in [2.75, 3.05) is 33.3 Å². The fraction of sp³-hybridized carbons (Fsp3) is 0.429. The van der Waals surface area contributed by atoms with Gasteiger partial charge in [0.2, 0.25) is 20.0 Å². The Morgan fingerprint density at radius 3 is 1.40 bits per heavy atom. The molecule has 1 heterocycles. The highest BCUT2D eigenvalue weighted by Crippen LogP contribution is 2.26. The fourth-order valence-electron chi connectivity index (χ4n) is 3.32. The first-order valence-electron chi connectivity index (χ1n) is 9.71. The molecule has 3 rings (SSSR count). The minimum absolute atomic E-state index is 0.0657. The first-order chi connectivity index (χ1) is 14.0. The third-order valence-corrected chi connectivity index (χ3v) is 9.08. The van der Waals surface area contributed by atoms with E-state index in [4.69, 9.17) is 4.74 Å². The minimum atomic E-state index is -3.69. The maximum absolute atomic E-state index is 13.0. The summed E-state index contributed by atoms with van der Waals surface area (Å²) in [6.07, 6.45) is 0. The molecule has 9 heteroatoms. The van der Waals surface area contributed by atoms with E-state index in [1.165, 1.54) is 27.9 Å². The Balaban J connectivity index is 1.72. The predicted molar refractivity (Wildman–Crippen MR) is 116 cm³/mol. The van der Waals surface area contributed by atoms with Crippen LogP contribution in [0.15, 0.2) is 58.3 Å². The highest BCUT2D eigenvalue weighted by atomic mass is 32.2. The molecule has 0 atom stereocenters. The molecule has 7 nitrogen and oxygen atoms in total. The summed E-state index contributed by atoms with van der Waals surface area (Å²) >= 11 is 0. The molecule has 0 amide bonds. The van der Waals surface area contributed by atoms with Crippen molar-refractivity contribution in [3.63, 3.8) is 0 Å². The molecule has 0 spiro atoms. The van der Waals surface area contributed by atoms with Crippen molar-refractivity contribution in [2.45, 2.75) is 36.0 Å². The van der Waals surface area contributed by atoms with Crippen molar-refractivity contribution >= 4 is 20.0 Å². The highest BCUT2D eigenvalue weighted by molar-refractivity contribution is 7.89. The van der Waals surface area contributed by atoms with Crippen LogP contribution < -0.4 is 4.74 Å². The van der Waals surface area contributed by atoms with Gasteiger partial charge in [-0.15, -0.1) is 0 Å². The predicted octanol–water partition coefficient (Wildman–Crippen LogP) is 2.69. The summed E-state index contributed by atoms with van der Waals surface area (Å²) in [5, 5.41) is 0. The van der Waals surface area contributed by atoms with Crippen LogP contribution in [0.4, 0.5) is 0 Å². The van der Waals surface area contributed by atoms with Crippen LogP contribution in [0.1, 0.15) is 26.3 Å². The van der Waals surface area contributed by atoms with Crippen LogP contribution in [0.25, 0.3) is 0 Å². The smallest absolute Gasteiger partial charge is 0.243 e. The van der Waals surface area contributed by atoms with Gasteiger partial charge in [0, 0.05) is 26.2 Å². The van der Waals surface area contributed by atoms with Gasteiger partial charge in [0.15, 0.2) is 0 Å². The van der Waals surface area contributed by atoms with Crippen LogP contribution in [0.5, 0.6) is 5.75 Å². The van der Waals surface area contributed by atoms with E-state index in [-0.39, 0.29) is 41.4 Å². The molecule has 0 aromatic heterocycles. The summed E-state index contributed by atoms with van der Waals surface area (Å²) in [5.74, 6) is 0.572. The Morgan fingerprint density at radius 2 is 1.07 bits per heavy atom. The molecule has 1 aliphatic rings. The minimum Gasteiger partial charge on any atom is -0.497 e. The number of ether oxygens (including phenoxy) is 1. The second-order valence-electron chi connectivity index (χ2n) is 8.26. The van der Waals surface area contributed by atoms with Gasteiger partial charge in [0.05, 0.1) is 16.9 Å². The summed E-state index contributed by atoms with van der Waals surface area (Å²) in [7, 11) is -5.84. The third kappa shape index (κ3) is 4.54. The second kappa shape index (κ2) is 8.30. The molecular weight excluding hydrogens is 424 g/mol. The number of benzene rings is 2. The van der Waals surface area contributed by atoms with Gasteiger partial charge in [0.25, 0.3) is 0 Å². The van der Waals surface area contributed by atoms with E-state index in [0.29, 0.717) is 5.75 Å². The van der Waals surface area contributed by atoms with E-state index in [1.807, 2.05) is 12.1 Å². The summed E-state index contributed by atoms with van der Waals surface area (Å²) in [6.45, 7) is 6.63. The van der Waals surface area contributed by atoms with E-state index < -0.39 is 20.0 Å². The van der Waals surface area contributed by atoms with Crippen molar-refractivity contribution in [3.05, 3.63) is 54.1 Å². The molecule has 2 aromatic carbocycles. The summed E-state index contributed by atoms with van der Waals surface area (Å²) < 4.78 is 59.4. The molecule has 2 aromatic rings. The van der Waals surface area contributed by atoms with Crippen LogP contribution in [-0.2, 0) is 25.5 Å². The third-order valence-electron chi connectivity index (χ3n) is 5.25. The van der Waals surface area contributed by atoms with Crippen molar-refractivity contribution in [1.29, 1.82) is 0 Å². The SMILES string of the molecule is COc1ccc(S(=O)(=O)N2CCN(S(=O)(=O)c3ccc(C(C)(C)C)cc3)CC2)cc1. The molecule has 0 aliphatic carbocycles. The Labute approximate surface area is 179 Å². The average Bonchev–Trinajstić information content (AvgIpc) is 2.73. The van der Waals surface area contributed by atoms with Gasteiger partial charge in [0.1, 0.15) is 5.75 Å².